The van der Waals surface area contributed by atoms with E-state index in [0.717, 1.165) is 0 Å². The van der Waals surface area contributed by atoms with Crippen LogP contribution in [0.2, 0.25) is 0 Å². The minimum absolute atomic E-state index is 0.0945. The van der Waals surface area contributed by atoms with Gasteiger partial charge < -0.3 is 0 Å². The van der Waals surface area contributed by atoms with Crippen molar-refractivity contribution in [3.05, 3.63) is 35.1 Å². The van der Waals surface area contributed by atoms with Crippen molar-refractivity contribution in [2.75, 3.05) is 5.32 Å². The summed E-state index contributed by atoms with van der Waals surface area (Å²) in [6, 6.07) is 1.01. The van der Waals surface area contributed by atoms with E-state index in [1.165, 1.54) is 0 Å². The topological polar surface area (TPSA) is 83.6 Å². The minimum atomic E-state index is -1.31. The van der Waals surface area contributed by atoms with E-state index in [1.807, 2.05) is 0 Å². The van der Waals surface area contributed by atoms with Gasteiger partial charge in [0.25, 0.3) is 5.95 Å². The summed E-state index contributed by atoms with van der Waals surface area (Å²) in [6.07, 6.45) is -0.475. The Morgan fingerprint density at radius 2 is 1.94 bits per heavy atom. The van der Waals surface area contributed by atoms with Crippen LogP contribution in [0, 0.1) is 17.5 Å². The Bertz CT molecular complexity index is 572. The third-order valence-electron chi connectivity index (χ3n) is 2.04. The zero-order chi connectivity index (χ0) is 13.1. The van der Waals surface area contributed by atoms with E-state index < -0.39 is 29.8 Å². The van der Waals surface area contributed by atoms with Crippen molar-refractivity contribution >= 4 is 11.9 Å². The molecule has 0 spiro atoms. The van der Waals surface area contributed by atoms with Crippen molar-refractivity contribution < 1.29 is 18.0 Å². The lowest BCUT2D eigenvalue weighted by Gasteiger charge is -2.03. The first-order valence-corrected chi connectivity index (χ1v) is 4.73. The summed E-state index contributed by atoms with van der Waals surface area (Å²) in [6.45, 7) is 0. The number of hydrogen-bond acceptors (Lipinski definition) is 4. The number of tetrazole rings is 1. The Balaban J connectivity index is 2.09. The highest BCUT2D eigenvalue weighted by molar-refractivity contribution is 5.90. The predicted octanol–water partition coefficient (Wildman–Crippen LogP) is 0.798. The van der Waals surface area contributed by atoms with Crippen molar-refractivity contribution in [2.24, 2.45) is 0 Å². The summed E-state index contributed by atoms with van der Waals surface area (Å²) in [5.74, 6) is -4.31. The van der Waals surface area contributed by atoms with Gasteiger partial charge in [0.05, 0.1) is 6.42 Å². The average molecular weight is 257 g/mol. The molecule has 1 aromatic carbocycles. The van der Waals surface area contributed by atoms with Gasteiger partial charge in [-0.05, 0) is 11.3 Å². The first-order chi connectivity index (χ1) is 8.56. The molecule has 0 unspecified atom stereocenters. The van der Waals surface area contributed by atoms with Gasteiger partial charge >= 0.3 is 0 Å². The zero-order valence-corrected chi connectivity index (χ0v) is 8.75. The highest BCUT2D eigenvalue weighted by atomic mass is 19.2. The number of carbonyl (C=O) groups is 1. The Kier molecular flexibility index (Phi) is 3.22. The van der Waals surface area contributed by atoms with Gasteiger partial charge in [0, 0.05) is 11.6 Å². The van der Waals surface area contributed by atoms with E-state index in [-0.39, 0.29) is 11.5 Å². The predicted molar refractivity (Wildman–Crippen MR) is 52.8 cm³/mol. The molecule has 0 aliphatic carbocycles. The number of hydrogen-bond donors (Lipinski definition) is 2. The molecule has 1 amide bonds. The molecule has 0 atom stereocenters. The molecule has 6 nitrogen and oxygen atoms in total. The Morgan fingerprint density at radius 1 is 1.22 bits per heavy atom. The van der Waals surface area contributed by atoms with Crippen LogP contribution in [0.15, 0.2) is 12.1 Å². The summed E-state index contributed by atoms with van der Waals surface area (Å²) in [5, 5.41) is 14.4. The third-order valence-corrected chi connectivity index (χ3v) is 2.04. The van der Waals surface area contributed by atoms with Crippen LogP contribution >= 0.6 is 0 Å². The van der Waals surface area contributed by atoms with Gasteiger partial charge in [-0.15, -0.1) is 5.10 Å². The lowest BCUT2D eigenvalue weighted by Crippen LogP contribution is -2.16. The van der Waals surface area contributed by atoms with Gasteiger partial charge in [-0.3, -0.25) is 10.1 Å². The maximum absolute atomic E-state index is 13.2. The van der Waals surface area contributed by atoms with Gasteiger partial charge in [0.1, 0.15) is 5.82 Å². The van der Waals surface area contributed by atoms with E-state index in [2.05, 4.69) is 25.9 Å². The van der Waals surface area contributed by atoms with Gasteiger partial charge in [-0.25, -0.2) is 13.2 Å². The van der Waals surface area contributed by atoms with Gasteiger partial charge in [-0.1, -0.05) is 5.10 Å². The van der Waals surface area contributed by atoms with Crippen LogP contribution in [0.3, 0.4) is 0 Å². The number of aromatic nitrogens is 4. The van der Waals surface area contributed by atoms with Gasteiger partial charge in [0.2, 0.25) is 5.91 Å². The average Bonchev–Trinajstić information content (AvgIpc) is 2.78. The summed E-state index contributed by atoms with van der Waals surface area (Å²) >= 11 is 0. The second-order valence-electron chi connectivity index (χ2n) is 3.32. The van der Waals surface area contributed by atoms with Crippen LogP contribution in [-0.2, 0) is 11.2 Å². The second kappa shape index (κ2) is 4.82. The lowest BCUT2D eigenvalue weighted by atomic mass is 10.1. The number of halogens is 3. The molecule has 9 heteroatoms. The second-order valence-corrected chi connectivity index (χ2v) is 3.32. The van der Waals surface area contributed by atoms with Crippen molar-refractivity contribution in [1.82, 2.24) is 20.6 Å². The van der Waals surface area contributed by atoms with Gasteiger partial charge in [-0.2, -0.15) is 5.21 Å². The molecular formula is C9H6F3N5O. The smallest absolute Gasteiger partial charge is 0.269 e. The fourth-order valence-corrected chi connectivity index (χ4v) is 1.26. The quantitative estimate of drug-likeness (QED) is 0.796. The van der Waals surface area contributed by atoms with Crippen LogP contribution < -0.4 is 5.32 Å². The molecule has 2 rings (SSSR count). The lowest BCUT2D eigenvalue weighted by molar-refractivity contribution is -0.115. The number of benzene rings is 1. The number of aromatic amines is 1. The Labute approximate surface area is 98.2 Å². The first-order valence-electron chi connectivity index (χ1n) is 4.73. The Morgan fingerprint density at radius 3 is 2.61 bits per heavy atom. The SMILES string of the molecule is O=C(Cc1cc(F)c(F)cc1F)Nc1nn[nH]n1. The number of H-pyrrole nitrogens is 1. The van der Waals surface area contributed by atoms with E-state index in [1.54, 1.807) is 0 Å². The van der Waals surface area contributed by atoms with E-state index in [4.69, 9.17) is 0 Å². The van der Waals surface area contributed by atoms with Crippen LogP contribution in [-0.4, -0.2) is 26.5 Å². The van der Waals surface area contributed by atoms with Crippen LogP contribution in [0.4, 0.5) is 19.1 Å². The summed E-state index contributed by atoms with van der Waals surface area (Å²) in [7, 11) is 0. The number of amides is 1. The van der Waals surface area contributed by atoms with Crippen molar-refractivity contribution in [3.63, 3.8) is 0 Å². The molecule has 0 saturated heterocycles. The number of rotatable bonds is 3. The molecule has 0 aliphatic heterocycles. The van der Waals surface area contributed by atoms with Crippen LogP contribution in [0.25, 0.3) is 0 Å². The molecule has 1 heterocycles. The largest absolute Gasteiger partial charge is 0.292 e. The normalized spacial score (nSPS) is 10.4. The molecule has 0 radical (unpaired) electrons. The molecule has 2 N–H and O–H groups in total. The number of nitrogens with one attached hydrogen (secondary N) is 2. The molecular weight excluding hydrogens is 251 g/mol. The van der Waals surface area contributed by atoms with Crippen molar-refractivity contribution in [3.8, 4) is 0 Å². The van der Waals surface area contributed by atoms with Gasteiger partial charge in [0.15, 0.2) is 11.6 Å². The standard InChI is InChI=1S/C9H6F3N5O/c10-5-3-7(12)6(11)1-4(5)2-8(18)13-9-14-16-17-15-9/h1,3H,2H2,(H2,13,14,15,16,17,18). The summed E-state index contributed by atoms with van der Waals surface area (Å²) in [4.78, 5) is 11.4. The number of nitrogens with zero attached hydrogens (tertiary/aromatic N) is 3. The first kappa shape index (κ1) is 12.0. The van der Waals surface area contributed by atoms with E-state index in [9.17, 15) is 18.0 Å². The molecule has 94 valence electrons. The summed E-state index contributed by atoms with van der Waals surface area (Å²) < 4.78 is 38.8. The van der Waals surface area contributed by atoms with Crippen LogP contribution in [0.1, 0.15) is 5.56 Å². The molecule has 18 heavy (non-hydrogen) atoms. The molecule has 2 aromatic rings. The summed E-state index contributed by atoms with van der Waals surface area (Å²) in [5.41, 5.74) is -0.269. The van der Waals surface area contributed by atoms with Crippen molar-refractivity contribution in [1.29, 1.82) is 0 Å². The maximum Gasteiger partial charge on any atom is 0.269 e. The molecule has 0 fully saturated rings. The number of anilines is 1. The monoisotopic (exact) mass is 257 g/mol. The van der Waals surface area contributed by atoms with Crippen LogP contribution in [0.5, 0.6) is 0 Å². The fraction of sp³-hybridized carbons (Fsp3) is 0.111. The highest BCUT2D eigenvalue weighted by Crippen LogP contribution is 2.14. The van der Waals surface area contributed by atoms with Crippen molar-refractivity contribution in [2.45, 2.75) is 6.42 Å². The minimum Gasteiger partial charge on any atom is -0.292 e. The fourth-order valence-electron chi connectivity index (χ4n) is 1.26. The van der Waals surface area contributed by atoms with E-state index >= 15 is 0 Å². The molecule has 0 bridgehead atoms. The highest BCUT2D eigenvalue weighted by Gasteiger charge is 2.14. The van der Waals surface area contributed by atoms with E-state index in [0.29, 0.717) is 12.1 Å². The molecule has 0 saturated carbocycles. The zero-order valence-electron chi connectivity index (χ0n) is 8.75. The Hall–Kier alpha value is -2.45. The third kappa shape index (κ3) is 2.62. The maximum atomic E-state index is 13.2. The number of carbonyl (C=O) groups excluding carboxylic acids is 1. The molecule has 1 aromatic heterocycles. The molecule has 0 aliphatic rings.